The van der Waals surface area contributed by atoms with Gasteiger partial charge < -0.3 is 14.5 Å². The normalized spacial score (nSPS) is 24.4. The number of alkyl halides is 1. The van der Waals surface area contributed by atoms with Crippen LogP contribution in [0.2, 0.25) is 13.1 Å². The number of hydrogen-bond acceptors (Lipinski definition) is 4. The van der Waals surface area contributed by atoms with E-state index in [-0.39, 0.29) is 5.97 Å². The molecule has 2 saturated heterocycles. The number of carbonyl (C=O) groups excluding carboxylic acids is 1. The summed E-state index contributed by atoms with van der Waals surface area (Å²) in [6, 6.07) is 21.0. The minimum Gasteiger partial charge on any atom is -0.441 e. The number of benzene rings is 3. The SMILES string of the molecule is CC1CN(c2ccc3c(c2)[Si](C)(C)c2cc(N4CC(F)C4)ccc2C32OC(=O)c3ccccc32)C1. The van der Waals surface area contributed by atoms with Gasteiger partial charge in [0, 0.05) is 41.2 Å². The van der Waals surface area contributed by atoms with E-state index in [4.69, 9.17) is 4.74 Å². The number of halogens is 1. The van der Waals surface area contributed by atoms with Crippen LogP contribution in [-0.2, 0) is 10.3 Å². The minimum atomic E-state index is -2.17. The van der Waals surface area contributed by atoms with Gasteiger partial charge in [0.1, 0.15) is 14.2 Å². The lowest BCUT2D eigenvalue weighted by molar-refractivity contribution is 0.0255. The lowest BCUT2D eigenvalue weighted by Crippen LogP contribution is -2.63. The molecule has 178 valence electrons. The number of fused-ring (bicyclic) bond motifs is 6. The van der Waals surface area contributed by atoms with Gasteiger partial charge in [-0.3, -0.25) is 0 Å². The highest BCUT2D eigenvalue weighted by Gasteiger charge is 2.56. The summed E-state index contributed by atoms with van der Waals surface area (Å²) in [4.78, 5) is 17.7. The van der Waals surface area contributed by atoms with Crippen LogP contribution in [0, 0.1) is 5.92 Å². The zero-order valence-electron chi connectivity index (χ0n) is 20.3. The Labute approximate surface area is 206 Å². The highest BCUT2D eigenvalue weighted by atomic mass is 28.3. The van der Waals surface area contributed by atoms with Crippen LogP contribution in [0.4, 0.5) is 15.8 Å². The van der Waals surface area contributed by atoms with Crippen LogP contribution in [0.25, 0.3) is 0 Å². The molecular formula is C29H29FN2O2Si. The smallest absolute Gasteiger partial charge is 0.340 e. The first-order valence-corrected chi connectivity index (χ1v) is 15.6. The maximum atomic E-state index is 13.7. The van der Waals surface area contributed by atoms with E-state index < -0.39 is 19.8 Å². The molecule has 3 aromatic carbocycles. The zero-order valence-corrected chi connectivity index (χ0v) is 21.3. The first kappa shape index (κ1) is 21.2. The second-order valence-electron chi connectivity index (χ2n) is 11.2. The van der Waals surface area contributed by atoms with E-state index in [0.717, 1.165) is 35.5 Å². The molecule has 0 radical (unpaired) electrons. The zero-order chi connectivity index (χ0) is 24.1. The molecule has 2 fully saturated rings. The van der Waals surface area contributed by atoms with Crippen molar-refractivity contribution in [3.8, 4) is 0 Å². The summed E-state index contributed by atoms with van der Waals surface area (Å²) in [5.74, 6) is 0.441. The summed E-state index contributed by atoms with van der Waals surface area (Å²) in [6.45, 7) is 10.1. The molecule has 1 unspecified atom stereocenters. The summed E-state index contributed by atoms with van der Waals surface area (Å²) >= 11 is 0. The fourth-order valence-electron chi connectivity index (χ4n) is 6.56. The largest absolute Gasteiger partial charge is 0.441 e. The van der Waals surface area contributed by atoms with Gasteiger partial charge in [0.15, 0.2) is 5.60 Å². The fourth-order valence-corrected chi connectivity index (χ4v) is 9.73. The van der Waals surface area contributed by atoms with Crippen molar-refractivity contribution in [1.29, 1.82) is 0 Å². The molecule has 0 N–H and O–H groups in total. The quantitative estimate of drug-likeness (QED) is 0.408. The Morgan fingerprint density at radius 2 is 1.43 bits per heavy atom. The standard InChI is InChI=1S/C29H29FN2O2Si/c1-18-14-31(15-18)20-8-10-24-26(12-20)35(2,3)27-13-21(32-16-19(30)17-32)9-11-25(27)29(24)23-7-5-4-6-22(23)28(33)34-29/h4-13,18-19H,14-17H2,1-3H3. The maximum absolute atomic E-state index is 13.7. The van der Waals surface area contributed by atoms with Crippen LogP contribution in [-0.4, -0.2) is 46.4 Å². The predicted octanol–water partition coefficient (Wildman–Crippen LogP) is 3.90. The van der Waals surface area contributed by atoms with Gasteiger partial charge in [0.25, 0.3) is 0 Å². The van der Waals surface area contributed by atoms with Gasteiger partial charge in [-0.25, -0.2) is 9.18 Å². The van der Waals surface area contributed by atoms with Crippen molar-refractivity contribution in [2.45, 2.75) is 31.8 Å². The highest BCUT2D eigenvalue weighted by molar-refractivity contribution is 7.01. The molecule has 3 aromatic rings. The van der Waals surface area contributed by atoms with Crippen molar-refractivity contribution in [2.24, 2.45) is 5.92 Å². The van der Waals surface area contributed by atoms with Gasteiger partial charge in [0.2, 0.25) is 0 Å². The van der Waals surface area contributed by atoms with E-state index in [1.54, 1.807) is 0 Å². The predicted molar refractivity (Wildman–Crippen MR) is 140 cm³/mol. The molecule has 1 spiro atoms. The van der Waals surface area contributed by atoms with Gasteiger partial charge in [-0.05, 0) is 46.6 Å². The van der Waals surface area contributed by atoms with Gasteiger partial charge >= 0.3 is 5.97 Å². The molecule has 4 aliphatic heterocycles. The number of carbonyl (C=O) groups is 1. The van der Waals surface area contributed by atoms with Crippen LogP contribution in [0.3, 0.4) is 0 Å². The molecule has 0 amide bonds. The first-order valence-electron chi connectivity index (χ1n) is 12.6. The number of ether oxygens (including phenoxy) is 1. The molecule has 35 heavy (non-hydrogen) atoms. The van der Waals surface area contributed by atoms with Gasteiger partial charge in [-0.1, -0.05) is 50.3 Å². The molecule has 4 aliphatic rings. The second kappa shape index (κ2) is 6.97. The second-order valence-corrected chi connectivity index (χ2v) is 15.5. The lowest BCUT2D eigenvalue weighted by atomic mass is 9.79. The molecule has 0 saturated carbocycles. The maximum Gasteiger partial charge on any atom is 0.340 e. The Morgan fingerprint density at radius 1 is 0.857 bits per heavy atom. The molecule has 0 bridgehead atoms. The number of hydrogen-bond donors (Lipinski definition) is 0. The van der Waals surface area contributed by atoms with E-state index in [1.807, 2.05) is 24.3 Å². The van der Waals surface area contributed by atoms with Crippen molar-refractivity contribution in [2.75, 3.05) is 36.0 Å². The number of nitrogens with zero attached hydrogens (tertiary/aromatic N) is 2. The van der Waals surface area contributed by atoms with Crippen LogP contribution in [0.1, 0.15) is 34.0 Å². The molecule has 0 aliphatic carbocycles. The summed E-state index contributed by atoms with van der Waals surface area (Å²) in [7, 11) is -2.17. The van der Waals surface area contributed by atoms with Crippen molar-refractivity contribution in [3.63, 3.8) is 0 Å². The third-order valence-electron chi connectivity index (χ3n) is 8.52. The molecule has 6 heteroatoms. The van der Waals surface area contributed by atoms with E-state index in [9.17, 15) is 9.18 Å². The Hall–Kier alpha value is -3.12. The molecule has 0 aromatic heterocycles. The first-order chi connectivity index (χ1) is 16.8. The number of anilines is 2. The van der Waals surface area contributed by atoms with Crippen molar-refractivity contribution in [3.05, 3.63) is 82.9 Å². The average Bonchev–Trinajstić information content (AvgIpc) is 3.12. The van der Waals surface area contributed by atoms with Crippen LogP contribution < -0.4 is 20.2 Å². The number of rotatable bonds is 2. The third kappa shape index (κ3) is 2.74. The summed E-state index contributed by atoms with van der Waals surface area (Å²) in [5, 5.41) is 2.58. The van der Waals surface area contributed by atoms with Crippen LogP contribution >= 0.6 is 0 Å². The summed E-state index contributed by atoms with van der Waals surface area (Å²) in [5.41, 5.74) is 5.07. The summed E-state index contributed by atoms with van der Waals surface area (Å²) in [6.07, 6.45) is -0.757. The molecule has 4 nitrogen and oxygen atoms in total. The third-order valence-corrected chi connectivity index (χ3v) is 12.0. The average molecular weight is 485 g/mol. The Bertz CT molecular complexity index is 1320. The molecule has 1 atom stereocenters. The van der Waals surface area contributed by atoms with E-state index in [0.29, 0.717) is 24.6 Å². The fraction of sp³-hybridized carbons (Fsp3) is 0.345. The summed E-state index contributed by atoms with van der Waals surface area (Å²) < 4.78 is 20.1. The minimum absolute atomic E-state index is 0.272. The van der Waals surface area contributed by atoms with Crippen LogP contribution in [0.5, 0.6) is 0 Å². The van der Waals surface area contributed by atoms with Crippen LogP contribution in [0.15, 0.2) is 60.7 Å². The monoisotopic (exact) mass is 484 g/mol. The van der Waals surface area contributed by atoms with E-state index in [2.05, 4.69) is 66.2 Å². The highest BCUT2D eigenvalue weighted by Crippen LogP contribution is 2.49. The van der Waals surface area contributed by atoms with E-state index in [1.165, 1.54) is 16.1 Å². The van der Waals surface area contributed by atoms with Crippen molar-refractivity contribution >= 4 is 35.8 Å². The van der Waals surface area contributed by atoms with Crippen molar-refractivity contribution in [1.82, 2.24) is 0 Å². The van der Waals surface area contributed by atoms with Crippen molar-refractivity contribution < 1.29 is 13.9 Å². The Kier molecular flexibility index (Phi) is 4.22. The van der Waals surface area contributed by atoms with Gasteiger partial charge in [0.05, 0.1) is 18.7 Å². The lowest BCUT2D eigenvalue weighted by Gasteiger charge is -2.46. The molecular weight excluding hydrogens is 455 g/mol. The van der Waals surface area contributed by atoms with Gasteiger partial charge in [-0.15, -0.1) is 0 Å². The Balaban J connectivity index is 1.48. The van der Waals surface area contributed by atoms with E-state index >= 15 is 0 Å². The molecule has 4 heterocycles. The Morgan fingerprint density at radius 3 is 2.00 bits per heavy atom. The molecule has 7 rings (SSSR count). The topological polar surface area (TPSA) is 32.8 Å². The number of esters is 1. The van der Waals surface area contributed by atoms with Gasteiger partial charge in [-0.2, -0.15) is 0 Å².